The van der Waals surface area contributed by atoms with Crippen LogP contribution in [0.15, 0.2) is 42.5 Å². The van der Waals surface area contributed by atoms with Crippen molar-refractivity contribution in [2.45, 2.75) is 25.3 Å². The van der Waals surface area contributed by atoms with E-state index in [1.165, 1.54) is 0 Å². The van der Waals surface area contributed by atoms with Crippen LogP contribution >= 0.6 is 23.2 Å². The summed E-state index contributed by atoms with van der Waals surface area (Å²) in [5, 5.41) is 6.66. The van der Waals surface area contributed by atoms with Crippen LogP contribution in [0.25, 0.3) is 0 Å². The average molecular weight is 363 g/mol. The third kappa shape index (κ3) is 3.40. The first-order valence-corrected chi connectivity index (χ1v) is 8.35. The van der Waals surface area contributed by atoms with E-state index in [4.69, 9.17) is 23.2 Å². The van der Waals surface area contributed by atoms with Crippen molar-refractivity contribution < 1.29 is 9.59 Å². The van der Waals surface area contributed by atoms with Crippen LogP contribution in [0.3, 0.4) is 0 Å². The fraction of sp³-hybridized carbons (Fsp3) is 0.222. The smallest absolute Gasteiger partial charge is 0.228 e. The van der Waals surface area contributed by atoms with E-state index in [1.54, 1.807) is 18.2 Å². The number of carbonyl (C=O) groups excluding carboxylic acids is 2. The number of fused-ring (bicyclic) bond motifs is 1. The molecule has 24 heavy (non-hydrogen) atoms. The number of benzene rings is 2. The molecular weight excluding hydrogens is 347 g/mol. The fourth-order valence-electron chi connectivity index (χ4n) is 2.82. The Morgan fingerprint density at radius 2 is 1.96 bits per heavy atom. The molecule has 0 bridgehead atoms. The van der Waals surface area contributed by atoms with Crippen molar-refractivity contribution in [1.29, 1.82) is 0 Å². The molecule has 1 heterocycles. The zero-order chi connectivity index (χ0) is 17.3. The fourth-order valence-corrected chi connectivity index (χ4v) is 3.13. The van der Waals surface area contributed by atoms with Crippen molar-refractivity contribution in [2.24, 2.45) is 0 Å². The Hall–Kier alpha value is -2.04. The molecule has 2 atom stereocenters. The maximum absolute atomic E-state index is 12.7. The Morgan fingerprint density at radius 1 is 1.21 bits per heavy atom. The normalized spacial score (nSPS) is 17.6. The van der Waals surface area contributed by atoms with E-state index in [9.17, 15) is 9.59 Å². The molecule has 2 aromatic rings. The molecule has 2 unspecified atom stereocenters. The summed E-state index contributed by atoms with van der Waals surface area (Å²) in [6, 6.07) is 12.4. The Kier molecular flexibility index (Phi) is 4.78. The molecule has 0 aliphatic carbocycles. The van der Waals surface area contributed by atoms with Crippen LogP contribution in [0, 0.1) is 0 Å². The van der Waals surface area contributed by atoms with Gasteiger partial charge in [-0.15, -0.1) is 0 Å². The molecule has 6 heteroatoms. The van der Waals surface area contributed by atoms with E-state index in [0.29, 0.717) is 15.7 Å². The molecule has 2 N–H and O–H groups in total. The minimum atomic E-state index is -0.500. The maximum Gasteiger partial charge on any atom is 0.228 e. The molecule has 1 aliphatic heterocycles. The van der Waals surface area contributed by atoms with E-state index in [-0.39, 0.29) is 24.3 Å². The molecule has 0 spiro atoms. The molecule has 3 rings (SSSR count). The van der Waals surface area contributed by atoms with Gasteiger partial charge in [-0.1, -0.05) is 47.5 Å². The highest BCUT2D eigenvalue weighted by Gasteiger charge is 2.31. The van der Waals surface area contributed by atoms with E-state index in [2.05, 4.69) is 10.6 Å². The molecule has 0 saturated heterocycles. The topological polar surface area (TPSA) is 58.2 Å². The van der Waals surface area contributed by atoms with E-state index < -0.39 is 5.92 Å². The molecule has 0 fully saturated rings. The number of rotatable bonds is 3. The zero-order valence-corrected chi connectivity index (χ0v) is 14.5. The van der Waals surface area contributed by atoms with Crippen molar-refractivity contribution >= 4 is 40.7 Å². The highest BCUT2D eigenvalue weighted by molar-refractivity contribution is 6.42. The van der Waals surface area contributed by atoms with Gasteiger partial charge in [0, 0.05) is 12.1 Å². The predicted octanol–water partition coefficient (Wildman–Crippen LogP) is 4.30. The van der Waals surface area contributed by atoms with Crippen molar-refractivity contribution in [2.75, 3.05) is 5.32 Å². The number of carbonyl (C=O) groups is 2. The van der Waals surface area contributed by atoms with Gasteiger partial charge in [-0.2, -0.15) is 0 Å². The summed E-state index contributed by atoms with van der Waals surface area (Å²) in [6.45, 7) is 1.87. The number of hydrogen-bond acceptors (Lipinski definition) is 2. The number of anilines is 1. The summed E-state index contributed by atoms with van der Waals surface area (Å²) in [5.74, 6) is -0.841. The lowest BCUT2D eigenvalue weighted by Crippen LogP contribution is -2.36. The minimum Gasteiger partial charge on any atom is -0.349 e. The average Bonchev–Trinajstić information content (AvgIpc) is 2.56. The Balaban J connectivity index is 1.79. The quantitative estimate of drug-likeness (QED) is 0.855. The summed E-state index contributed by atoms with van der Waals surface area (Å²) in [6.07, 6.45) is 0.136. The van der Waals surface area contributed by atoms with Crippen LogP contribution in [-0.2, 0) is 9.59 Å². The van der Waals surface area contributed by atoms with Crippen LogP contribution in [0.1, 0.15) is 36.4 Å². The molecule has 0 aromatic heterocycles. The van der Waals surface area contributed by atoms with Crippen LogP contribution in [0.2, 0.25) is 10.0 Å². The molecule has 4 nitrogen and oxygen atoms in total. The minimum absolute atomic E-state index is 0.136. The van der Waals surface area contributed by atoms with Crippen molar-refractivity contribution in [3.8, 4) is 0 Å². The molecule has 2 aromatic carbocycles. The lowest BCUT2D eigenvalue weighted by molar-refractivity contribution is -0.126. The van der Waals surface area contributed by atoms with Gasteiger partial charge in [-0.25, -0.2) is 0 Å². The standard InChI is InChI=1S/C18H16Cl2N2O2/c1-10(11-6-7-14(19)15(20)8-11)21-18(24)13-9-17(23)22-16-5-3-2-4-12(13)16/h2-8,10,13H,9H2,1H3,(H,21,24)(H,22,23). The maximum atomic E-state index is 12.7. The lowest BCUT2D eigenvalue weighted by atomic mass is 9.89. The monoisotopic (exact) mass is 362 g/mol. The third-order valence-corrected chi connectivity index (χ3v) is 4.86. The van der Waals surface area contributed by atoms with E-state index in [0.717, 1.165) is 11.1 Å². The van der Waals surface area contributed by atoms with Gasteiger partial charge in [0.05, 0.1) is 22.0 Å². The number of nitrogens with one attached hydrogen (secondary N) is 2. The first-order valence-electron chi connectivity index (χ1n) is 7.60. The molecule has 0 saturated carbocycles. The van der Waals surface area contributed by atoms with Gasteiger partial charge in [0.15, 0.2) is 0 Å². The lowest BCUT2D eigenvalue weighted by Gasteiger charge is -2.26. The summed E-state index contributed by atoms with van der Waals surface area (Å²) in [5.41, 5.74) is 2.37. The zero-order valence-electron chi connectivity index (χ0n) is 13.0. The van der Waals surface area contributed by atoms with Crippen LogP contribution in [0.4, 0.5) is 5.69 Å². The van der Waals surface area contributed by atoms with Gasteiger partial charge < -0.3 is 10.6 Å². The number of amides is 2. The Bertz CT molecular complexity index is 807. The van der Waals surface area contributed by atoms with Gasteiger partial charge in [0.25, 0.3) is 0 Å². The van der Waals surface area contributed by atoms with Gasteiger partial charge in [0.2, 0.25) is 11.8 Å². The second-order valence-electron chi connectivity index (χ2n) is 5.80. The predicted molar refractivity (Wildman–Crippen MR) is 95.4 cm³/mol. The third-order valence-electron chi connectivity index (χ3n) is 4.12. The molecular formula is C18H16Cl2N2O2. The van der Waals surface area contributed by atoms with Crippen molar-refractivity contribution in [1.82, 2.24) is 5.32 Å². The summed E-state index contributed by atoms with van der Waals surface area (Å²) < 4.78 is 0. The second-order valence-corrected chi connectivity index (χ2v) is 6.61. The van der Waals surface area contributed by atoms with Gasteiger partial charge in [-0.05, 0) is 36.2 Å². The first kappa shape index (κ1) is 16.8. The SMILES string of the molecule is CC(NC(=O)C1CC(=O)Nc2ccccc21)c1ccc(Cl)c(Cl)c1. The number of para-hydroxylation sites is 1. The second kappa shape index (κ2) is 6.83. The Labute approximate surface area is 150 Å². The van der Waals surface area contributed by atoms with Gasteiger partial charge >= 0.3 is 0 Å². The molecule has 2 amide bonds. The van der Waals surface area contributed by atoms with Gasteiger partial charge in [0.1, 0.15) is 0 Å². The highest BCUT2D eigenvalue weighted by Crippen LogP contribution is 2.33. The van der Waals surface area contributed by atoms with Crippen molar-refractivity contribution in [3.63, 3.8) is 0 Å². The van der Waals surface area contributed by atoms with Gasteiger partial charge in [-0.3, -0.25) is 9.59 Å². The highest BCUT2D eigenvalue weighted by atomic mass is 35.5. The van der Waals surface area contributed by atoms with Crippen LogP contribution < -0.4 is 10.6 Å². The van der Waals surface area contributed by atoms with Crippen LogP contribution in [0.5, 0.6) is 0 Å². The molecule has 0 radical (unpaired) electrons. The summed E-state index contributed by atoms with van der Waals surface area (Å²) >= 11 is 12.0. The van der Waals surface area contributed by atoms with Crippen LogP contribution in [-0.4, -0.2) is 11.8 Å². The Morgan fingerprint density at radius 3 is 2.71 bits per heavy atom. The molecule has 1 aliphatic rings. The van der Waals surface area contributed by atoms with E-state index >= 15 is 0 Å². The van der Waals surface area contributed by atoms with Crippen molar-refractivity contribution in [3.05, 3.63) is 63.6 Å². The number of halogens is 2. The molecule has 124 valence electrons. The number of hydrogen-bond donors (Lipinski definition) is 2. The first-order chi connectivity index (χ1) is 11.5. The summed E-state index contributed by atoms with van der Waals surface area (Å²) in [7, 11) is 0. The van der Waals surface area contributed by atoms with E-state index in [1.807, 2.05) is 31.2 Å². The summed E-state index contributed by atoms with van der Waals surface area (Å²) in [4.78, 5) is 24.5. The largest absolute Gasteiger partial charge is 0.349 e.